The number of thiophene rings is 1. The minimum Gasteiger partial charge on any atom is -0.333 e. The number of hydrogen-bond donors (Lipinski definition) is 0. The van der Waals surface area contributed by atoms with Crippen LogP contribution >= 0.6 is 11.3 Å². The van der Waals surface area contributed by atoms with Crippen LogP contribution in [0, 0.1) is 0 Å². The van der Waals surface area contributed by atoms with Gasteiger partial charge in [0.1, 0.15) is 5.82 Å². The smallest absolute Gasteiger partial charge is 0.220 e. The molecule has 0 aromatic carbocycles. The Morgan fingerprint density at radius 3 is 2.73 bits per heavy atom. The molecule has 2 fully saturated rings. The van der Waals surface area contributed by atoms with E-state index in [1.54, 1.807) is 18.3 Å². The Hall–Kier alpha value is -1.69. The van der Waals surface area contributed by atoms with Crippen LogP contribution in [0.1, 0.15) is 86.9 Å². The largest absolute Gasteiger partial charge is 0.333 e. The third-order valence-electron chi connectivity index (χ3n) is 5.74. The van der Waals surface area contributed by atoms with Crippen molar-refractivity contribution in [2.45, 2.75) is 76.8 Å². The molecule has 0 bridgehead atoms. The van der Waals surface area contributed by atoms with Crippen LogP contribution in [0.15, 0.2) is 17.5 Å². The normalized spacial score (nSPS) is 21.9. The van der Waals surface area contributed by atoms with Crippen molar-refractivity contribution >= 4 is 17.2 Å². The first-order chi connectivity index (χ1) is 12.7. The Morgan fingerprint density at radius 2 is 2.00 bits per heavy atom. The Balaban J connectivity index is 1.68. The van der Waals surface area contributed by atoms with Gasteiger partial charge in [0, 0.05) is 24.8 Å². The molecule has 5 nitrogen and oxygen atoms in total. The third-order valence-corrected chi connectivity index (χ3v) is 6.62. The number of carbonyl (C=O) groups is 1. The SMILES string of the molecule is CC(=O)N1CCCC[C@H]1c1nc(Cc2cccs2)nn1C1CCCCC1. The first kappa shape index (κ1) is 17.7. The molecule has 0 radical (unpaired) electrons. The molecule has 2 aliphatic rings. The summed E-state index contributed by atoms with van der Waals surface area (Å²) in [7, 11) is 0. The molecule has 1 atom stereocenters. The molecule has 6 heteroatoms. The highest BCUT2D eigenvalue weighted by molar-refractivity contribution is 7.09. The van der Waals surface area contributed by atoms with Gasteiger partial charge in [-0.2, -0.15) is 5.10 Å². The van der Waals surface area contributed by atoms with Crippen LogP contribution < -0.4 is 0 Å². The monoisotopic (exact) mass is 372 g/mol. The van der Waals surface area contributed by atoms with Crippen molar-refractivity contribution in [2.24, 2.45) is 0 Å². The summed E-state index contributed by atoms with van der Waals surface area (Å²) in [5.41, 5.74) is 0. The van der Waals surface area contributed by atoms with Gasteiger partial charge in [0.25, 0.3) is 0 Å². The van der Waals surface area contributed by atoms with E-state index in [0.717, 1.165) is 43.9 Å². The Morgan fingerprint density at radius 1 is 1.19 bits per heavy atom. The van der Waals surface area contributed by atoms with Gasteiger partial charge in [-0.1, -0.05) is 25.3 Å². The number of aromatic nitrogens is 3. The van der Waals surface area contributed by atoms with E-state index in [1.165, 1.54) is 37.0 Å². The lowest BCUT2D eigenvalue weighted by Crippen LogP contribution is -2.38. The Labute approximate surface area is 159 Å². The van der Waals surface area contributed by atoms with Gasteiger partial charge in [-0.3, -0.25) is 4.79 Å². The van der Waals surface area contributed by atoms with Crippen molar-refractivity contribution in [1.82, 2.24) is 19.7 Å². The molecule has 1 saturated carbocycles. The molecule has 1 saturated heterocycles. The summed E-state index contributed by atoms with van der Waals surface area (Å²) < 4.78 is 2.20. The molecule has 0 N–H and O–H groups in total. The van der Waals surface area contributed by atoms with Crippen molar-refractivity contribution in [3.63, 3.8) is 0 Å². The second-order valence-electron chi connectivity index (χ2n) is 7.60. The molecule has 1 aliphatic carbocycles. The highest BCUT2D eigenvalue weighted by atomic mass is 32.1. The maximum Gasteiger partial charge on any atom is 0.220 e. The van der Waals surface area contributed by atoms with Gasteiger partial charge in [0.05, 0.1) is 12.1 Å². The highest BCUT2D eigenvalue weighted by Crippen LogP contribution is 2.35. The first-order valence-electron chi connectivity index (χ1n) is 9.97. The van der Waals surface area contributed by atoms with E-state index in [2.05, 4.69) is 22.2 Å². The summed E-state index contributed by atoms with van der Waals surface area (Å²) >= 11 is 1.76. The second kappa shape index (κ2) is 7.91. The molecular weight excluding hydrogens is 344 g/mol. The van der Waals surface area contributed by atoms with E-state index in [4.69, 9.17) is 10.1 Å². The Bertz CT molecular complexity index is 733. The summed E-state index contributed by atoms with van der Waals surface area (Å²) in [6.07, 6.45) is 10.3. The van der Waals surface area contributed by atoms with Crippen molar-refractivity contribution in [2.75, 3.05) is 6.54 Å². The third kappa shape index (κ3) is 3.70. The number of nitrogens with zero attached hydrogens (tertiary/aromatic N) is 4. The van der Waals surface area contributed by atoms with Gasteiger partial charge in [-0.25, -0.2) is 9.67 Å². The number of likely N-dealkylation sites (tertiary alicyclic amines) is 1. The zero-order valence-corrected chi connectivity index (χ0v) is 16.4. The number of amides is 1. The van der Waals surface area contributed by atoms with Gasteiger partial charge in [-0.15, -0.1) is 11.3 Å². The van der Waals surface area contributed by atoms with Gasteiger partial charge in [-0.05, 0) is 43.6 Å². The van der Waals surface area contributed by atoms with E-state index in [0.29, 0.717) is 6.04 Å². The van der Waals surface area contributed by atoms with E-state index in [1.807, 2.05) is 4.90 Å². The minimum absolute atomic E-state index is 0.0905. The predicted octanol–water partition coefficient (Wildman–Crippen LogP) is 4.51. The quantitative estimate of drug-likeness (QED) is 0.793. The van der Waals surface area contributed by atoms with E-state index in [9.17, 15) is 4.79 Å². The molecule has 140 valence electrons. The van der Waals surface area contributed by atoms with Crippen LogP contribution in [0.3, 0.4) is 0 Å². The predicted molar refractivity (Wildman–Crippen MR) is 103 cm³/mol. The summed E-state index contributed by atoms with van der Waals surface area (Å²) in [6.45, 7) is 2.53. The molecule has 3 heterocycles. The first-order valence-corrected chi connectivity index (χ1v) is 10.9. The molecule has 4 rings (SSSR count). The summed E-state index contributed by atoms with van der Waals surface area (Å²) in [4.78, 5) is 20.5. The van der Waals surface area contributed by atoms with Gasteiger partial charge in [0.15, 0.2) is 5.82 Å². The van der Waals surface area contributed by atoms with Gasteiger partial charge >= 0.3 is 0 Å². The second-order valence-corrected chi connectivity index (χ2v) is 8.64. The van der Waals surface area contributed by atoms with Crippen molar-refractivity contribution in [1.29, 1.82) is 0 Å². The van der Waals surface area contributed by atoms with Crippen LogP contribution in [0.4, 0.5) is 0 Å². The van der Waals surface area contributed by atoms with Crippen molar-refractivity contribution in [3.8, 4) is 0 Å². The van der Waals surface area contributed by atoms with Crippen LogP contribution in [0.25, 0.3) is 0 Å². The topological polar surface area (TPSA) is 51.0 Å². The molecule has 0 spiro atoms. The van der Waals surface area contributed by atoms with Crippen LogP contribution in [-0.4, -0.2) is 32.1 Å². The fraction of sp³-hybridized carbons (Fsp3) is 0.650. The Kier molecular flexibility index (Phi) is 5.38. The van der Waals surface area contributed by atoms with Crippen LogP contribution in [-0.2, 0) is 11.2 Å². The molecular formula is C20H28N4OS. The average Bonchev–Trinajstić information content (AvgIpc) is 3.33. The fourth-order valence-corrected chi connectivity index (χ4v) is 5.13. The standard InChI is InChI=1S/C20H28N4OS/c1-15(25)23-12-6-5-11-18(23)20-21-19(14-17-10-7-13-26-17)22-24(20)16-8-3-2-4-9-16/h7,10,13,16,18H,2-6,8-9,11-12,14H2,1H3/t18-/m0/s1. The van der Waals surface area contributed by atoms with E-state index in [-0.39, 0.29) is 11.9 Å². The molecule has 2 aromatic rings. The highest BCUT2D eigenvalue weighted by Gasteiger charge is 2.32. The van der Waals surface area contributed by atoms with Crippen LogP contribution in [0.5, 0.6) is 0 Å². The number of hydrogen-bond acceptors (Lipinski definition) is 4. The van der Waals surface area contributed by atoms with Crippen molar-refractivity contribution < 1.29 is 4.79 Å². The molecule has 1 amide bonds. The summed E-state index contributed by atoms with van der Waals surface area (Å²) in [5, 5.41) is 7.06. The molecule has 1 aliphatic heterocycles. The lowest BCUT2D eigenvalue weighted by atomic mass is 9.95. The lowest BCUT2D eigenvalue weighted by Gasteiger charge is -2.35. The maximum absolute atomic E-state index is 12.2. The zero-order chi connectivity index (χ0) is 17.9. The van der Waals surface area contributed by atoms with Gasteiger partial charge < -0.3 is 4.90 Å². The number of rotatable bonds is 4. The average molecular weight is 373 g/mol. The van der Waals surface area contributed by atoms with Crippen LogP contribution in [0.2, 0.25) is 0 Å². The molecule has 0 unspecified atom stereocenters. The molecule has 2 aromatic heterocycles. The lowest BCUT2D eigenvalue weighted by molar-refractivity contribution is -0.132. The zero-order valence-electron chi connectivity index (χ0n) is 15.6. The summed E-state index contributed by atoms with van der Waals surface area (Å²) in [6, 6.07) is 4.76. The number of carbonyl (C=O) groups excluding carboxylic acids is 1. The minimum atomic E-state index is 0.0905. The van der Waals surface area contributed by atoms with E-state index >= 15 is 0 Å². The van der Waals surface area contributed by atoms with Gasteiger partial charge in [0.2, 0.25) is 5.91 Å². The van der Waals surface area contributed by atoms with E-state index < -0.39 is 0 Å². The summed E-state index contributed by atoms with van der Waals surface area (Å²) in [5.74, 6) is 2.09. The number of piperidine rings is 1. The maximum atomic E-state index is 12.2. The van der Waals surface area contributed by atoms with Crippen molar-refractivity contribution in [3.05, 3.63) is 34.0 Å². The molecule has 26 heavy (non-hydrogen) atoms. The fourth-order valence-electron chi connectivity index (χ4n) is 4.42.